The SMILES string of the molecule is N[C@H](CO)c1ncc(Br)cc1[N+](=O)[O-]. The Bertz CT molecular complexity index is 358. The van der Waals surface area contributed by atoms with Gasteiger partial charge in [0, 0.05) is 16.7 Å². The zero-order chi connectivity index (χ0) is 10.7. The summed E-state index contributed by atoms with van der Waals surface area (Å²) in [5, 5.41) is 19.4. The highest BCUT2D eigenvalue weighted by molar-refractivity contribution is 9.10. The van der Waals surface area contributed by atoms with Gasteiger partial charge in [-0.15, -0.1) is 0 Å². The fourth-order valence-electron chi connectivity index (χ4n) is 0.958. The van der Waals surface area contributed by atoms with Crippen LogP contribution in [0.2, 0.25) is 0 Å². The number of hydrogen-bond acceptors (Lipinski definition) is 5. The molecule has 3 N–H and O–H groups in total. The van der Waals surface area contributed by atoms with Crippen LogP contribution in [-0.4, -0.2) is 21.6 Å². The van der Waals surface area contributed by atoms with Gasteiger partial charge in [0.25, 0.3) is 5.69 Å². The molecule has 0 saturated heterocycles. The molecule has 0 amide bonds. The topological polar surface area (TPSA) is 102 Å². The van der Waals surface area contributed by atoms with Crippen LogP contribution in [0.4, 0.5) is 5.69 Å². The fraction of sp³-hybridized carbons (Fsp3) is 0.286. The third-order valence-electron chi connectivity index (χ3n) is 1.61. The van der Waals surface area contributed by atoms with Crippen LogP contribution in [0.15, 0.2) is 16.7 Å². The lowest BCUT2D eigenvalue weighted by Gasteiger charge is -2.07. The molecule has 0 spiro atoms. The van der Waals surface area contributed by atoms with Crippen molar-refractivity contribution in [1.29, 1.82) is 0 Å². The Hall–Kier alpha value is -1.05. The van der Waals surface area contributed by atoms with Crippen molar-refractivity contribution in [2.75, 3.05) is 6.61 Å². The van der Waals surface area contributed by atoms with Gasteiger partial charge in [0.05, 0.1) is 17.6 Å². The van der Waals surface area contributed by atoms with Gasteiger partial charge in [0.2, 0.25) is 0 Å². The van der Waals surface area contributed by atoms with Crippen LogP contribution in [0.25, 0.3) is 0 Å². The highest BCUT2D eigenvalue weighted by Gasteiger charge is 2.20. The number of aromatic nitrogens is 1. The third-order valence-corrected chi connectivity index (χ3v) is 2.04. The molecule has 6 nitrogen and oxygen atoms in total. The van der Waals surface area contributed by atoms with E-state index in [0.29, 0.717) is 4.47 Å². The summed E-state index contributed by atoms with van der Waals surface area (Å²) in [5.74, 6) is 0. The van der Waals surface area contributed by atoms with Gasteiger partial charge < -0.3 is 10.8 Å². The van der Waals surface area contributed by atoms with E-state index < -0.39 is 11.0 Å². The van der Waals surface area contributed by atoms with E-state index in [4.69, 9.17) is 10.8 Å². The lowest BCUT2D eigenvalue weighted by molar-refractivity contribution is -0.386. The Morgan fingerprint density at radius 3 is 2.93 bits per heavy atom. The second-order valence-corrected chi connectivity index (χ2v) is 3.52. The number of nitro groups is 1. The van der Waals surface area contributed by atoms with E-state index in [2.05, 4.69) is 20.9 Å². The first kappa shape index (κ1) is 11.0. The minimum Gasteiger partial charge on any atom is -0.394 e. The average molecular weight is 262 g/mol. The van der Waals surface area contributed by atoms with Crippen LogP contribution in [0.5, 0.6) is 0 Å². The quantitative estimate of drug-likeness (QED) is 0.617. The van der Waals surface area contributed by atoms with Gasteiger partial charge in [0.15, 0.2) is 0 Å². The van der Waals surface area contributed by atoms with Gasteiger partial charge in [-0.3, -0.25) is 15.1 Å². The van der Waals surface area contributed by atoms with E-state index in [1.807, 2.05) is 0 Å². The highest BCUT2D eigenvalue weighted by Crippen LogP contribution is 2.24. The van der Waals surface area contributed by atoms with Crippen LogP contribution >= 0.6 is 15.9 Å². The van der Waals surface area contributed by atoms with Crippen molar-refractivity contribution >= 4 is 21.6 Å². The first-order valence-electron chi connectivity index (χ1n) is 3.72. The molecule has 1 aromatic rings. The van der Waals surface area contributed by atoms with Crippen LogP contribution in [0.3, 0.4) is 0 Å². The van der Waals surface area contributed by atoms with Crippen molar-refractivity contribution in [3.05, 3.63) is 32.5 Å². The highest BCUT2D eigenvalue weighted by atomic mass is 79.9. The molecule has 0 aliphatic carbocycles. The van der Waals surface area contributed by atoms with Crippen LogP contribution in [-0.2, 0) is 0 Å². The molecular formula is C7H8BrN3O3. The maximum absolute atomic E-state index is 10.6. The number of nitrogens with zero attached hydrogens (tertiary/aromatic N) is 2. The Labute approximate surface area is 88.0 Å². The van der Waals surface area contributed by atoms with Gasteiger partial charge in [0.1, 0.15) is 5.69 Å². The molecule has 0 aliphatic heterocycles. The van der Waals surface area contributed by atoms with Crippen molar-refractivity contribution < 1.29 is 10.0 Å². The van der Waals surface area contributed by atoms with E-state index >= 15 is 0 Å². The Balaban J connectivity index is 3.21. The molecule has 0 aromatic carbocycles. The van der Waals surface area contributed by atoms with Crippen molar-refractivity contribution in [2.45, 2.75) is 6.04 Å². The van der Waals surface area contributed by atoms with E-state index in [9.17, 15) is 10.1 Å². The van der Waals surface area contributed by atoms with Gasteiger partial charge in [-0.25, -0.2) is 0 Å². The maximum atomic E-state index is 10.6. The molecule has 0 aliphatic rings. The Kier molecular flexibility index (Phi) is 3.50. The normalized spacial score (nSPS) is 12.5. The summed E-state index contributed by atoms with van der Waals surface area (Å²) in [4.78, 5) is 13.8. The molecule has 7 heteroatoms. The average Bonchev–Trinajstić information content (AvgIpc) is 2.16. The summed E-state index contributed by atoms with van der Waals surface area (Å²) in [6, 6.07) is 0.473. The van der Waals surface area contributed by atoms with E-state index in [0.717, 1.165) is 0 Å². The number of pyridine rings is 1. The molecule has 0 fully saturated rings. The second kappa shape index (κ2) is 4.45. The van der Waals surface area contributed by atoms with E-state index in [1.165, 1.54) is 12.3 Å². The maximum Gasteiger partial charge on any atom is 0.293 e. The molecular weight excluding hydrogens is 254 g/mol. The van der Waals surface area contributed by atoms with Crippen molar-refractivity contribution in [2.24, 2.45) is 5.73 Å². The molecule has 76 valence electrons. The Morgan fingerprint density at radius 1 is 1.79 bits per heavy atom. The molecule has 0 bridgehead atoms. The molecule has 0 unspecified atom stereocenters. The fourth-order valence-corrected chi connectivity index (χ4v) is 1.28. The standard InChI is InChI=1S/C7H8BrN3O3/c8-4-1-6(11(13)14)7(10-2-4)5(9)3-12/h1-2,5,12H,3,9H2/t5-/m1/s1. The Morgan fingerprint density at radius 2 is 2.43 bits per heavy atom. The molecule has 1 rings (SSSR count). The van der Waals surface area contributed by atoms with Crippen LogP contribution in [0, 0.1) is 10.1 Å². The lowest BCUT2D eigenvalue weighted by Crippen LogP contribution is -2.17. The predicted molar refractivity (Wildman–Crippen MR) is 52.6 cm³/mol. The molecule has 0 saturated carbocycles. The number of aliphatic hydroxyl groups is 1. The monoisotopic (exact) mass is 261 g/mol. The first-order valence-corrected chi connectivity index (χ1v) is 4.52. The van der Waals surface area contributed by atoms with E-state index in [1.54, 1.807) is 0 Å². The molecule has 14 heavy (non-hydrogen) atoms. The smallest absolute Gasteiger partial charge is 0.293 e. The number of hydrogen-bond donors (Lipinski definition) is 2. The lowest BCUT2D eigenvalue weighted by atomic mass is 10.2. The predicted octanol–water partition coefficient (Wildman–Crippen LogP) is 0.744. The summed E-state index contributed by atoms with van der Waals surface area (Å²) in [6.45, 7) is -0.379. The minimum atomic E-state index is -0.830. The van der Waals surface area contributed by atoms with Crippen molar-refractivity contribution in [1.82, 2.24) is 4.98 Å². The van der Waals surface area contributed by atoms with Gasteiger partial charge in [-0.05, 0) is 15.9 Å². The second-order valence-electron chi connectivity index (χ2n) is 2.60. The number of aliphatic hydroxyl groups excluding tert-OH is 1. The molecule has 1 aromatic heterocycles. The number of rotatable bonds is 3. The molecule has 1 heterocycles. The summed E-state index contributed by atoms with van der Waals surface area (Å²) in [5.41, 5.74) is 5.34. The summed E-state index contributed by atoms with van der Waals surface area (Å²) in [6.07, 6.45) is 1.40. The van der Waals surface area contributed by atoms with Gasteiger partial charge in [-0.2, -0.15) is 0 Å². The van der Waals surface area contributed by atoms with Gasteiger partial charge >= 0.3 is 0 Å². The summed E-state index contributed by atoms with van der Waals surface area (Å²) < 4.78 is 0.498. The van der Waals surface area contributed by atoms with Crippen LogP contribution < -0.4 is 5.73 Å². The largest absolute Gasteiger partial charge is 0.394 e. The van der Waals surface area contributed by atoms with Gasteiger partial charge in [-0.1, -0.05) is 0 Å². The van der Waals surface area contributed by atoms with Crippen LogP contribution in [0.1, 0.15) is 11.7 Å². The van der Waals surface area contributed by atoms with E-state index in [-0.39, 0.29) is 18.0 Å². The van der Waals surface area contributed by atoms with Crippen molar-refractivity contribution in [3.8, 4) is 0 Å². The minimum absolute atomic E-state index is 0.0840. The zero-order valence-corrected chi connectivity index (χ0v) is 8.64. The number of halogens is 1. The third kappa shape index (κ3) is 2.25. The number of nitrogens with two attached hydrogens (primary N) is 1. The zero-order valence-electron chi connectivity index (χ0n) is 7.05. The molecule has 0 radical (unpaired) electrons. The first-order chi connectivity index (χ1) is 6.56. The summed E-state index contributed by atoms with van der Waals surface area (Å²) in [7, 11) is 0. The summed E-state index contributed by atoms with van der Waals surface area (Å²) >= 11 is 3.07. The molecule has 1 atom stereocenters. The van der Waals surface area contributed by atoms with Crippen molar-refractivity contribution in [3.63, 3.8) is 0 Å².